The first-order valence-corrected chi connectivity index (χ1v) is 4.03. The van der Waals surface area contributed by atoms with Crippen LogP contribution in [0.25, 0.3) is 0 Å². The Hall–Kier alpha value is -0.760. The molecule has 58 valence electrons. The van der Waals surface area contributed by atoms with Crippen LogP contribution in [-0.4, -0.2) is 11.6 Å². The third-order valence-corrected chi connectivity index (χ3v) is 2.20. The summed E-state index contributed by atoms with van der Waals surface area (Å²) in [6.07, 6.45) is 2.59. The van der Waals surface area contributed by atoms with Gasteiger partial charge in [-0.25, -0.2) is 4.98 Å². The fourth-order valence-corrected chi connectivity index (χ4v) is 1.43. The second-order valence-corrected chi connectivity index (χ2v) is 3.03. The third-order valence-electron chi connectivity index (χ3n) is 1.75. The van der Waals surface area contributed by atoms with Crippen LogP contribution in [0.3, 0.4) is 0 Å². The molecular weight excluding hydrogens is 162 g/mol. The Bertz CT molecular complexity index is 264. The van der Waals surface area contributed by atoms with E-state index < -0.39 is 0 Å². The number of aromatic nitrogens is 1. The Balaban J connectivity index is 2.44. The lowest BCUT2D eigenvalue weighted by Crippen LogP contribution is -2.11. The van der Waals surface area contributed by atoms with Crippen LogP contribution in [-0.2, 0) is 0 Å². The molecule has 0 aliphatic carbocycles. The molecule has 0 fully saturated rings. The van der Waals surface area contributed by atoms with Crippen molar-refractivity contribution in [3.05, 3.63) is 23.9 Å². The van der Waals surface area contributed by atoms with Gasteiger partial charge in [-0.15, -0.1) is 11.6 Å². The summed E-state index contributed by atoms with van der Waals surface area (Å²) in [7, 11) is 0. The average molecular weight is 170 g/mol. The molecule has 0 saturated heterocycles. The van der Waals surface area contributed by atoms with Gasteiger partial charge in [0, 0.05) is 18.2 Å². The van der Waals surface area contributed by atoms with Crippen molar-refractivity contribution in [3.8, 4) is 5.88 Å². The van der Waals surface area contributed by atoms with E-state index in [1.165, 1.54) is 0 Å². The zero-order valence-corrected chi connectivity index (χ0v) is 6.71. The van der Waals surface area contributed by atoms with Gasteiger partial charge in [0.25, 0.3) is 0 Å². The van der Waals surface area contributed by atoms with E-state index in [9.17, 15) is 0 Å². The van der Waals surface area contributed by atoms with Gasteiger partial charge in [0.05, 0.1) is 12.0 Å². The number of alkyl halides is 1. The molecule has 0 N–H and O–H groups in total. The lowest BCUT2D eigenvalue weighted by molar-refractivity contribution is 0.273. The van der Waals surface area contributed by atoms with Gasteiger partial charge in [0.1, 0.15) is 0 Å². The highest BCUT2D eigenvalue weighted by Crippen LogP contribution is 2.33. The topological polar surface area (TPSA) is 22.1 Å². The van der Waals surface area contributed by atoms with Crippen molar-refractivity contribution < 1.29 is 4.74 Å². The predicted molar refractivity (Wildman–Crippen MR) is 42.9 cm³/mol. The molecule has 2 heterocycles. The Morgan fingerprint density at radius 3 is 3.36 bits per heavy atom. The summed E-state index contributed by atoms with van der Waals surface area (Å²) < 4.78 is 5.30. The van der Waals surface area contributed by atoms with Crippen LogP contribution < -0.4 is 4.74 Å². The molecule has 0 saturated carbocycles. The van der Waals surface area contributed by atoms with Crippen LogP contribution in [0, 0.1) is 0 Å². The summed E-state index contributed by atoms with van der Waals surface area (Å²) in [5, 5.41) is 0.0763. The molecule has 0 spiro atoms. The van der Waals surface area contributed by atoms with Crippen LogP contribution in [0.15, 0.2) is 18.3 Å². The molecule has 11 heavy (non-hydrogen) atoms. The molecule has 0 bridgehead atoms. The maximum absolute atomic E-state index is 6.03. The smallest absolute Gasteiger partial charge is 0.218 e. The first kappa shape index (κ1) is 6.92. The van der Waals surface area contributed by atoms with Gasteiger partial charge in [-0.1, -0.05) is 6.07 Å². The standard InChI is InChI=1S/C8H8ClNO/c9-7-3-5-11-8-6(7)2-1-4-10-8/h1-2,4,7H,3,5H2/t7-/m1/s1. The molecule has 1 aliphatic rings. The summed E-state index contributed by atoms with van der Waals surface area (Å²) >= 11 is 6.03. The molecule has 0 aromatic carbocycles. The Morgan fingerprint density at radius 1 is 1.64 bits per heavy atom. The van der Waals surface area contributed by atoms with E-state index in [0.29, 0.717) is 12.5 Å². The van der Waals surface area contributed by atoms with Crippen LogP contribution in [0.1, 0.15) is 17.4 Å². The van der Waals surface area contributed by atoms with E-state index in [0.717, 1.165) is 12.0 Å². The van der Waals surface area contributed by atoms with E-state index in [4.69, 9.17) is 16.3 Å². The number of rotatable bonds is 0. The second-order valence-electron chi connectivity index (χ2n) is 2.50. The van der Waals surface area contributed by atoms with Crippen molar-refractivity contribution in [3.63, 3.8) is 0 Å². The SMILES string of the molecule is Cl[C@@H]1CCOc2ncccc21. The van der Waals surface area contributed by atoms with Gasteiger partial charge < -0.3 is 4.74 Å². The molecule has 1 aromatic rings. The first-order valence-electron chi connectivity index (χ1n) is 3.60. The summed E-state index contributed by atoms with van der Waals surface area (Å²) in [6, 6.07) is 3.84. The molecular formula is C8H8ClNO. The highest BCUT2D eigenvalue weighted by atomic mass is 35.5. The van der Waals surface area contributed by atoms with Crippen molar-refractivity contribution >= 4 is 11.6 Å². The normalized spacial score (nSPS) is 22.1. The van der Waals surface area contributed by atoms with Gasteiger partial charge >= 0.3 is 0 Å². The molecule has 3 heteroatoms. The maximum atomic E-state index is 6.03. The fourth-order valence-electron chi connectivity index (χ4n) is 1.18. The average Bonchev–Trinajstić information content (AvgIpc) is 2.06. The van der Waals surface area contributed by atoms with E-state index in [1.807, 2.05) is 12.1 Å². The van der Waals surface area contributed by atoms with E-state index in [2.05, 4.69) is 4.98 Å². The molecule has 0 unspecified atom stereocenters. The first-order chi connectivity index (χ1) is 5.38. The van der Waals surface area contributed by atoms with E-state index in [1.54, 1.807) is 6.20 Å². The predicted octanol–water partition coefficient (Wildman–Crippen LogP) is 2.14. The molecule has 2 nitrogen and oxygen atoms in total. The van der Waals surface area contributed by atoms with Crippen molar-refractivity contribution in [1.29, 1.82) is 0 Å². The molecule has 1 aromatic heterocycles. The lowest BCUT2D eigenvalue weighted by Gasteiger charge is -2.19. The highest BCUT2D eigenvalue weighted by Gasteiger charge is 2.19. The fraction of sp³-hybridized carbons (Fsp3) is 0.375. The number of ether oxygens (including phenoxy) is 1. The number of hydrogen-bond acceptors (Lipinski definition) is 2. The third kappa shape index (κ3) is 1.18. The minimum absolute atomic E-state index is 0.0763. The molecule has 1 aliphatic heterocycles. The minimum Gasteiger partial charge on any atom is -0.477 e. The van der Waals surface area contributed by atoms with E-state index >= 15 is 0 Å². The van der Waals surface area contributed by atoms with Crippen LogP contribution in [0.4, 0.5) is 0 Å². The number of fused-ring (bicyclic) bond motifs is 1. The lowest BCUT2D eigenvalue weighted by atomic mass is 10.1. The van der Waals surface area contributed by atoms with Crippen molar-refractivity contribution in [2.75, 3.05) is 6.61 Å². The second kappa shape index (κ2) is 2.70. The Kier molecular flexibility index (Phi) is 1.70. The molecule has 0 amide bonds. The monoisotopic (exact) mass is 169 g/mol. The number of hydrogen-bond donors (Lipinski definition) is 0. The Labute approximate surface area is 70.2 Å². The van der Waals surface area contributed by atoms with Crippen molar-refractivity contribution in [1.82, 2.24) is 4.98 Å². The summed E-state index contributed by atoms with van der Waals surface area (Å²) in [6.45, 7) is 0.679. The van der Waals surface area contributed by atoms with Crippen LogP contribution in [0.5, 0.6) is 5.88 Å². The van der Waals surface area contributed by atoms with Gasteiger partial charge in [-0.3, -0.25) is 0 Å². The van der Waals surface area contributed by atoms with Crippen LogP contribution >= 0.6 is 11.6 Å². The van der Waals surface area contributed by atoms with Crippen molar-refractivity contribution in [2.24, 2.45) is 0 Å². The molecule has 2 rings (SSSR count). The van der Waals surface area contributed by atoms with Gasteiger partial charge in [0.15, 0.2) is 0 Å². The minimum atomic E-state index is 0.0763. The number of nitrogens with zero attached hydrogens (tertiary/aromatic N) is 1. The number of halogens is 1. The Morgan fingerprint density at radius 2 is 2.55 bits per heavy atom. The highest BCUT2D eigenvalue weighted by molar-refractivity contribution is 6.21. The zero-order valence-electron chi connectivity index (χ0n) is 5.96. The van der Waals surface area contributed by atoms with Gasteiger partial charge in [0.2, 0.25) is 5.88 Å². The van der Waals surface area contributed by atoms with E-state index in [-0.39, 0.29) is 5.38 Å². The quantitative estimate of drug-likeness (QED) is 0.556. The largest absolute Gasteiger partial charge is 0.477 e. The maximum Gasteiger partial charge on any atom is 0.218 e. The van der Waals surface area contributed by atoms with Gasteiger partial charge in [-0.2, -0.15) is 0 Å². The van der Waals surface area contributed by atoms with Crippen LogP contribution in [0.2, 0.25) is 0 Å². The van der Waals surface area contributed by atoms with Gasteiger partial charge in [-0.05, 0) is 6.07 Å². The van der Waals surface area contributed by atoms with Crippen molar-refractivity contribution in [2.45, 2.75) is 11.8 Å². The summed E-state index contributed by atoms with van der Waals surface area (Å²) in [4.78, 5) is 4.06. The molecule has 0 radical (unpaired) electrons. The zero-order chi connectivity index (χ0) is 7.68. The number of pyridine rings is 1. The summed E-state index contributed by atoms with van der Waals surface area (Å²) in [5.41, 5.74) is 1.01. The summed E-state index contributed by atoms with van der Waals surface area (Å²) in [5.74, 6) is 0.693. The molecule has 1 atom stereocenters.